The number of para-hydroxylation sites is 1. The molecule has 2 aromatic carbocycles. The SMILES string of the molecule is CN=C(NCCCc1ccc(OC)c(OC)c1)NCc1ccccc1OC(F)F.I. The van der Waals surface area contributed by atoms with Gasteiger partial charge in [0, 0.05) is 25.7 Å². The third kappa shape index (κ3) is 8.21. The average molecular weight is 535 g/mol. The van der Waals surface area contributed by atoms with Crippen LogP contribution in [0.25, 0.3) is 0 Å². The summed E-state index contributed by atoms with van der Waals surface area (Å²) in [5.41, 5.74) is 1.77. The molecule has 0 saturated heterocycles. The number of guanidine groups is 1. The molecule has 2 N–H and O–H groups in total. The first kappa shape index (κ1) is 25.7. The highest BCUT2D eigenvalue weighted by molar-refractivity contribution is 14.0. The van der Waals surface area contributed by atoms with Crippen LogP contribution in [0.4, 0.5) is 8.78 Å². The molecule has 0 aliphatic carbocycles. The number of hydrogen-bond donors (Lipinski definition) is 2. The summed E-state index contributed by atoms with van der Waals surface area (Å²) in [4.78, 5) is 4.16. The van der Waals surface area contributed by atoms with Crippen LogP contribution in [-0.2, 0) is 13.0 Å². The van der Waals surface area contributed by atoms with E-state index >= 15 is 0 Å². The van der Waals surface area contributed by atoms with E-state index in [1.165, 1.54) is 6.07 Å². The second-order valence-electron chi connectivity index (χ2n) is 6.13. The van der Waals surface area contributed by atoms with Crippen molar-refractivity contribution in [3.63, 3.8) is 0 Å². The van der Waals surface area contributed by atoms with Crippen LogP contribution in [0.3, 0.4) is 0 Å². The van der Waals surface area contributed by atoms with E-state index in [-0.39, 0.29) is 29.7 Å². The minimum absolute atomic E-state index is 0. The highest BCUT2D eigenvalue weighted by atomic mass is 127. The molecule has 0 atom stereocenters. The zero-order valence-electron chi connectivity index (χ0n) is 17.3. The first-order valence-corrected chi connectivity index (χ1v) is 9.25. The topological polar surface area (TPSA) is 64.1 Å². The van der Waals surface area contributed by atoms with Gasteiger partial charge in [0.05, 0.1) is 14.2 Å². The van der Waals surface area contributed by atoms with Gasteiger partial charge in [0.25, 0.3) is 0 Å². The Hall–Kier alpha value is -2.30. The van der Waals surface area contributed by atoms with Gasteiger partial charge in [-0.15, -0.1) is 24.0 Å². The van der Waals surface area contributed by atoms with Crippen LogP contribution < -0.4 is 24.8 Å². The average Bonchev–Trinajstić information content (AvgIpc) is 2.73. The van der Waals surface area contributed by atoms with Gasteiger partial charge < -0.3 is 24.8 Å². The van der Waals surface area contributed by atoms with E-state index in [1.54, 1.807) is 39.5 Å². The highest BCUT2D eigenvalue weighted by Crippen LogP contribution is 2.27. The number of hydrogen-bond acceptors (Lipinski definition) is 4. The second kappa shape index (κ2) is 13.8. The van der Waals surface area contributed by atoms with Gasteiger partial charge >= 0.3 is 6.61 Å². The Morgan fingerprint density at radius 2 is 1.73 bits per heavy atom. The van der Waals surface area contributed by atoms with Crippen molar-refractivity contribution >= 4 is 29.9 Å². The molecule has 0 aromatic heterocycles. The van der Waals surface area contributed by atoms with Crippen LogP contribution in [-0.4, -0.2) is 40.4 Å². The molecule has 2 aromatic rings. The lowest BCUT2D eigenvalue weighted by Gasteiger charge is -2.14. The van der Waals surface area contributed by atoms with Gasteiger partial charge in [0.15, 0.2) is 17.5 Å². The van der Waals surface area contributed by atoms with E-state index in [2.05, 4.69) is 20.4 Å². The van der Waals surface area contributed by atoms with E-state index in [9.17, 15) is 8.78 Å². The number of benzene rings is 2. The van der Waals surface area contributed by atoms with Gasteiger partial charge in [-0.25, -0.2) is 0 Å². The van der Waals surface area contributed by atoms with E-state index in [1.807, 2.05) is 18.2 Å². The maximum absolute atomic E-state index is 12.5. The maximum atomic E-state index is 12.5. The van der Waals surface area contributed by atoms with Crippen molar-refractivity contribution < 1.29 is 23.0 Å². The molecule has 0 saturated carbocycles. The first-order valence-electron chi connectivity index (χ1n) is 9.25. The standard InChI is InChI=1S/C21H27F2N3O3.HI/c1-24-21(26-14-16-8-4-5-9-17(16)29-20(22)23)25-12-6-7-15-10-11-18(27-2)19(13-15)28-3;/h4-5,8-11,13,20H,6-7,12,14H2,1-3H3,(H2,24,25,26);1H. The Balaban J connectivity index is 0.00000450. The molecule has 0 aliphatic heterocycles. The monoisotopic (exact) mass is 535 g/mol. The summed E-state index contributed by atoms with van der Waals surface area (Å²) >= 11 is 0. The van der Waals surface area contributed by atoms with Gasteiger partial charge in [-0.2, -0.15) is 8.78 Å². The summed E-state index contributed by atoms with van der Waals surface area (Å²) in [6, 6.07) is 12.5. The smallest absolute Gasteiger partial charge is 0.387 e. The Kier molecular flexibility index (Phi) is 11.9. The molecule has 0 fully saturated rings. The fourth-order valence-corrected chi connectivity index (χ4v) is 2.80. The number of halogens is 3. The Morgan fingerprint density at radius 3 is 2.40 bits per heavy atom. The quantitative estimate of drug-likeness (QED) is 0.207. The predicted molar refractivity (Wildman–Crippen MR) is 125 cm³/mol. The van der Waals surface area contributed by atoms with Gasteiger partial charge in [0.2, 0.25) is 0 Å². The highest BCUT2D eigenvalue weighted by Gasteiger charge is 2.09. The number of nitrogens with one attached hydrogen (secondary N) is 2. The lowest BCUT2D eigenvalue weighted by Crippen LogP contribution is -2.37. The van der Waals surface area contributed by atoms with E-state index in [4.69, 9.17) is 9.47 Å². The number of ether oxygens (including phenoxy) is 3. The van der Waals surface area contributed by atoms with E-state index in [0.29, 0.717) is 36.1 Å². The van der Waals surface area contributed by atoms with Crippen LogP contribution in [0.15, 0.2) is 47.5 Å². The molecule has 0 aliphatic rings. The van der Waals surface area contributed by atoms with Crippen molar-refractivity contribution in [2.75, 3.05) is 27.8 Å². The Morgan fingerprint density at radius 1 is 1.00 bits per heavy atom. The van der Waals surface area contributed by atoms with Gasteiger partial charge in [-0.1, -0.05) is 24.3 Å². The van der Waals surface area contributed by atoms with Crippen molar-refractivity contribution in [1.29, 1.82) is 0 Å². The van der Waals surface area contributed by atoms with Crippen molar-refractivity contribution in [3.8, 4) is 17.2 Å². The molecule has 0 amide bonds. The van der Waals surface area contributed by atoms with Crippen LogP contribution in [0, 0.1) is 0 Å². The Bertz CT molecular complexity index is 807. The van der Waals surface area contributed by atoms with Crippen molar-refractivity contribution in [2.24, 2.45) is 4.99 Å². The minimum atomic E-state index is -2.86. The molecule has 30 heavy (non-hydrogen) atoms. The molecular formula is C21H28F2IN3O3. The third-order valence-corrected chi connectivity index (χ3v) is 4.24. The lowest BCUT2D eigenvalue weighted by atomic mass is 10.1. The van der Waals surface area contributed by atoms with Crippen LogP contribution in [0.1, 0.15) is 17.5 Å². The number of nitrogens with zero attached hydrogens (tertiary/aromatic N) is 1. The number of alkyl halides is 2. The summed E-state index contributed by atoms with van der Waals surface area (Å²) in [7, 11) is 4.88. The lowest BCUT2D eigenvalue weighted by molar-refractivity contribution is -0.0504. The summed E-state index contributed by atoms with van der Waals surface area (Å²) in [5, 5.41) is 6.32. The summed E-state index contributed by atoms with van der Waals surface area (Å²) in [6.07, 6.45) is 1.73. The normalized spacial score (nSPS) is 10.9. The molecule has 9 heteroatoms. The predicted octanol–water partition coefficient (Wildman–Crippen LogP) is 4.22. The Labute approximate surface area is 193 Å². The zero-order chi connectivity index (χ0) is 21.1. The van der Waals surface area contributed by atoms with Crippen LogP contribution in [0.5, 0.6) is 17.2 Å². The van der Waals surface area contributed by atoms with Crippen molar-refractivity contribution in [1.82, 2.24) is 10.6 Å². The number of rotatable bonds is 10. The fourth-order valence-electron chi connectivity index (χ4n) is 2.80. The number of aliphatic imine (C=N–C) groups is 1. The molecular weight excluding hydrogens is 507 g/mol. The third-order valence-electron chi connectivity index (χ3n) is 4.24. The van der Waals surface area contributed by atoms with Gasteiger partial charge in [0.1, 0.15) is 5.75 Å². The van der Waals surface area contributed by atoms with E-state index < -0.39 is 6.61 Å². The molecule has 0 radical (unpaired) electrons. The summed E-state index contributed by atoms with van der Waals surface area (Å²) in [5.74, 6) is 2.15. The molecule has 2 rings (SSSR count). The largest absolute Gasteiger partial charge is 0.493 e. The zero-order valence-corrected chi connectivity index (χ0v) is 19.6. The minimum Gasteiger partial charge on any atom is -0.493 e. The second-order valence-corrected chi connectivity index (χ2v) is 6.13. The first-order chi connectivity index (χ1) is 14.1. The van der Waals surface area contributed by atoms with Crippen LogP contribution >= 0.6 is 24.0 Å². The van der Waals surface area contributed by atoms with Gasteiger partial charge in [-0.3, -0.25) is 4.99 Å². The molecule has 0 spiro atoms. The molecule has 0 bridgehead atoms. The summed E-state index contributed by atoms with van der Waals surface area (Å²) < 4.78 is 40.1. The molecule has 6 nitrogen and oxygen atoms in total. The molecule has 166 valence electrons. The van der Waals surface area contributed by atoms with E-state index in [0.717, 1.165) is 18.4 Å². The van der Waals surface area contributed by atoms with Crippen molar-refractivity contribution in [2.45, 2.75) is 26.0 Å². The maximum Gasteiger partial charge on any atom is 0.387 e. The van der Waals surface area contributed by atoms with Crippen molar-refractivity contribution in [3.05, 3.63) is 53.6 Å². The van der Waals surface area contributed by atoms with Crippen LogP contribution in [0.2, 0.25) is 0 Å². The molecule has 0 unspecified atom stereocenters. The fraction of sp³-hybridized carbons (Fsp3) is 0.381. The summed E-state index contributed by atoms with van der Waals surface area (Å²) in [6.45, 7) is -1.84. The number of aryl methyl sites for hydroxylation is 1. The van der Waals surface area contributed by atoms with Gasteiger partial charge in [-0.05, 0) is 36.6 Å². The molecule has 0 heterocycles. The number of methoxy groups -OCH3 is 2.